The summed E-state index contributed by atoms with van der Waals surface area (Å²) in [5, 5.41) is 48.0. The highest BCUT2D eigenvalue weighted by Crippen LogP contribution is 2.33. The average Bonchev–Trinajstić information content (AvgIpc) is 2.47. The Morgan fingerprint density at radius 1 is 1.43 bits per heavy atom. The number of carbonyl (C=O) groups is 1. The number of rotatable bonds is 5. The third-order valence-corrected chi connectivity index (χ3v) is 3.51. The molecule has 1 heterocycles. The molecular weight excluding hydrogens is 286 g/mol. The van der Waals surface area contributed by atoms with Crippen molar-refractivity contribution in [3.8, 4) is 0 Å². The van der Waals surface area contributed by atoms with Crippen LogP contribution in [0.25, 0.3) is 0 Å². The highest BCUT2D eigenvalue weighted by molar-refractivity contribution is 5.83. The Labute approximate surface area is 122 Å². The molecule has 0 radical (unpaired) electrons. The molecule has 1 amide bonds. The minimum atomic E-state index is -1.89. The highest BCUT2D eigenvalue weighted by Gasteiger charge is 2.54. The lowest BCUT2D eigenvalue weighted by Crippen LogP contribution is -2.65. The Morgan fingerprint density at radius 2 is 2.00 bits per heavy atom. The summed E-state index contributed by atoms with van der Waals surface area (Å²) in [6.07, 6.45) is -8.09. The molecule has 5 N–H and O–H groups in total. The molecule has 0 bridgehead atoms. The number of amides is 1. The van der Waals surface area contributed by atoms with Crippen molar-refractivity contribution in [1.29, 1.82) is 0 Å². The van der Waals surface area contributed by atoms with Crippen LogP contribution in [0.2, 0.25) is 0 Å². The van der Waals surface area contributed by atoms with Crippen LogP contribution in [0.3, 0.4) is 0 Å². The van der Waals surface area contributed by atoms with Gasteiger partial charge in [-0.2, -0.15) is 0 Å². The van der Waals surface area contributed by atoms with E-state index in [1.807, 2.05) is 0 Å². The first kappa shape index (κ1) is 18.2. The molecule has 0 aromatic carbocycles. The van der Waals surface area contributed by atoms with Gasteiger partial charge in [-0.05, 0) is 0 Å². The SMILES string of the molecule is COC1(C(=O)N(C)C)CC(O)C(O)C(C(O)C(O)CO)O1. The Kier molecular flexibility index (Phi) is 6.05. The molecule has 0 aromatic rings. The van der Waals surface area contributed by atoms with Gasteiger partial charge in [-0.1, -0.05) is 0 Å². The van der Waals surface area contributed by atoms with Crippen LogP contribution in [0, 0.1) is 0 Å². The number of ether oxygens (including phenoxy) is 2. The first-order valence-electron chi connectivity index (χ1n) is 6.48. The fourth-order valence-electron chi connectivity index (χ4n) is 2.25. The van der Waals surface area contributed by atoms with E-state index < -0.39 is 48.8 Å². The van der Waals surface area contributed by atoms with Crippen molar-refractivity contribution < 1.29 is 39.8 Å². The number of aliphatic hydroxyl groups excluding tert-OH is 5. The van der Waals surface area contributed by atoms with Crippen LogP contribution in [0.5, 0.6) is 0 Å². The van der Waals surface area contributed by atoms with Crippen LogP contribution in [-0.2, 0) is 14.3 Å². The van der Waals surface area contributed by atoms with Gasteiger partial charge in [-0.25, -0.2) is 0 Å². The third kappa shape index (κ3) is 3.51. The number of likely N-dealkylation sites (N-methyl/N-ethyl adjacent to an activating group) is 1. The number of hydrogen-bond donors (Lipinski definition) is 5. The maximum atomic E-state index is 12.2. The summed E-state index contributed by atoms with van der Waals surface area (Å²) in [6.45, 7) is -0.772. The Hall–Kier alpha value is -0.810. The molecule has 21 heavy (non-hydrogen) atoms. The summed E-state index contributed by atoms with van der Waals surface area (Å²) in [6, 6.07) is 0. The Balaban J connectivity index is 3.08. The van der Waals surface area contributed by atoms with Gasteiger partial charge in [0.1, 0.15) is 24.4 Å². The van der Waals surface area contributed by atoms with Crippen molar-refractivity contribution >= 4 is 5.91 Å². The minimum Gasteiger partial charge on any atom is -0.394 e. The van der Waals surface area contributed by atoms with Crippen molar-refractivity contribution in [2.75, 3.05) is 27.8 Å². The van der Waals surface area contributed by atoms with E-state index in [2.05, 4.69) is 0 Å². The number of methoxy groups -OCH3 is 1. The molecule has 0 spiro atoms. The molecule has 1 aliphatic heterocycles. The molecule has 6 unspecified atom stereocenters. The predicted octanol–water partition coefficient (Wildman–Crippen LogP) is -3.36. The third-order valence-electron chi connectivity index (χ3n) is 3.51. The fourth-order valence-corrected chi connectivity index (χ4v) is 2.25. The van der Waals surface area contributed by atoms with Gasteiger partial charge in [-0.3, -0.25) is 4.79 Å². The highest BCUT2D eigenvalue weighted by atomic mass is 16.7. The van der Waals surface area contributed by atoms with Gasteiger partial charge in [0.15, 0.2) is 0 Å². The smallest absolute Gasteiger partial charge is 0.282 e. The molecule has 1 rings (SSSR count). The molecule has 9 heteroatoms. The van der Waals surface area contributed by atoms with Crippen molar-refractivity contribution in [2.45, 2.75) is 42.7 Å². The van der Waals surface area contributed by atoms with Crippen LogP contribution in [0.4, 0.5) is 0 Å². The van der Waals surface area contributed by atoms with Gasteiger partial charge >= 0.3 is 0 Å². The number of hydrogen-bond acceptors (Lipinski definition) is 8. The number of nitrogens with zero attached hydrogens (tertiary/aromatic N) is 1. The summed E-state index contributed by atoms with van der Waals surface area (Å²) in [5.41, 5.74) is 0. The second kappa shape index (κ2) is 6.97. The van der Waals surface area contributed by atoms with E-state index >= 15 is 0 Å². The Bertz CT molecular complexity index is 365. The van der Waals surface area contributed by atoms with Crippen LogP contribution >= 0.6 is 0 Å². The molecule has 0 aliphatic carbocycles. The van der Waals surface area contributed by atoms with Crippen molar-refractivity contribution in [2.24, 2.45) is 0 Å². The second-order valence-electron chi connectivity index (χ2n) is 5.24. The lowest BCUT2D eigenvalue weighted by Gasteiger charge is -2.45. The van der Waals surface area contributed by atoms with Gasteiger partial charge < -0.3 is 39.9 Å². The quantitative estimate of drug-likeness (QED) is 0.355. The van der Waals surface area contributed by atoms with Gasteiger partial charge in [0.05, 0.1) is 12.7 Å². The Morgan fingerprint density at radius 3 is 2.43 bits per heavy atom. The number of carbonyl (C=O) groups excluding carboxylic acids is 1. The first-order chi connectivity index (χ1) is 9.70. The molecule has 1 fully saturated rings. The normalized spacial score (nSPS) is 36.1. The van der Waals surface area contributed by atoms with E-state index in [4.69, 9.17) is 14.6 Å². The van der Waals surface area contributed by atoms with E-state index in [0.717, 1.165) is 0 Å². The zero-order valence-electron chi connectivity index (χ0n) is 12.2. The van der Waals surface area contributed by atoms with E-state index in [-0.39, 0.29) is 6.42 Å². The fraction of sp³-hybridized carbons (Fsp3) is 0.917. The lowest BCUT2D eigenvalue weighted by atomic mass is 9.90. The summed E-state index contributed by atoms with van der Waals surface area (Å²) in [5.74, 6) is -2.50. The van der Waals surface area contributed by atoms with E-state index in [1.54, 1.807) is 0 Å². The van der Waals surface area contributed by atoms with Crippen molar-refractivity contribution in [3.05, 3.63) is 0 Å². The summed E-state index contributed by atoms with van der Waals surface area (Å²) in [7, 11) is 4.10. The molecule has 1 saturated heterocycles. The zero-order chi connectivity index (χ0) is 16.4. The van der Waals surface area contributed by atoms with Crippen molar-refractivity contribution in [1.82, 2.24) is 4.90 Å². The van der Waals surface area contributed by atoms with Gasteiger partial charge in [-0.15, -0.1) is 0 Å². The lowest BCUT2D eigenvalue weighted by molar-refractivity contribution is -0.317. The number of aliphatic hydroxyl groups is 5. The van der Waals surface area contributed by atoms with Crippen LogP contribution in [-0.4, -0.2) is 100 Å². The minimum absolute atomic E-state index is 0.333. The van der Waals surface area contributed by atoms with E-state index in [0.29, 0.717) is 0 Å². The monoisotopic (exact) mass is 309 g/mol. The largest absolute Gasteiger partial charge is 0.394 e. The molecule has 9 nitrogen and oxygen atoms in total. The van der Waals surface area contributed by atoms with Crippen LogP contribution < -0.4 is 0 Å². The first-order valence-corrected chi connectivity index (χ1v) is 6.48. The topological polar surface area (TPSA) is 140 Å². The zero-order valence-corrected chi connectivity index (χ0v) is 12.2. The molecule has 0 aromatic heterocycles. The van der Waals surface area contributed by atoms with Gasteiger partial charge in [0.2, 0.25) is 0 Å². The second-order valence-corrected chi connectivity index (χ2v) is 5.24. The maximum Gasteiger partial charge on any atom is 0.282 e. The van der Waals surface area contributed by atoms with E-state index in [9.17, 15) is 25.2 Å². The van der Waals surface area contributed by atoms with Gasteiger partial charge in [0, 0.05) is 27.6 Å². The molecule has 1 aliphatic rings. The summed E-state index contributed by atoms with van der Waals surface area (Å²) in [4.78, 5) is 13.4. The molecular formula is C12H23NO8. The van der Waals surface area contributed by atoms with Gasteiger partial charge in [0.25, 0.3) is 11.7 Å². The molecule has 0 saturated carbocycles. The molecule has 124 valence electrons. The molecule has 6 atom stereocenters. The van der Waals surface area contributed by atoms with Crippen molar-refractivity contribution in [3.63, 3.8) is 0 Å². The standard InChI is InChI=1S/C12H23NO8/c1-13(2)11(19)12(20-3)4-6(15)8(17)10(21-12)9(18)7(16)5-14/h6-10,14-18H,4-5H2,1-3H3. The predicted molar refractivity (Wildman–Crippen MR) is 69.0 cm³/mol. The van der Waals surface area contributed by atoms with E-state index in [1.165, 1.54) is 26.1 Å². The van der Waals surface area contributed by atoms with Crippen LogP contribution in [0.1, 0.15) is 6.42 Å². The maximum absolute atomic E-state index is 12.2. The average molecular weight is 309 g/mol. The van der Waals surface area contributed by atoms with Crippen LogP contribution in [0.15, 0.2) is 0 Å². The summed E-state index contributed by atoms with van der Waals surface area (Å²) < 4.78 is 10.4. The summed E-state index contributed by atoms with van der Waals surface area (Å²) >= 11 is 0.